The number of carbonyl (C=O) groups excluding carboxylic acids is 1. The van der Waals surface area contributed by atoms with E-state index in [1.165, 1.54) is 38.5 Å². The third-order valence-corrected chi connectivity index (χ3v) is 5.58. The van der Waals surface area contributed by atoms with Crippen LogP contribution in [0.15, 0.2) is 0 Å². The maximum Gasteiger partial charge on any atom is 0.135 e. The fourth-order valence-electron chi connectivity index (χ4n) is 4.32. The summed E-state index contributed by atoms with van der Waals surface area (Å²) in [7, 11) is 0. The molecular formula is C16H26O2. The second kappa shape index (κ2) is 4.96. The van der Waals surface area contributed by atoms with Gasteiger partial charge in [0.15, 0.2) is 0 Å². The van der Waals surface area contributed by atoms with E-state index in [9.17, 15) is 4.79 Å². The van der Waals surface area contributed by atoms with Crippen molar-refractivity contribution in [3.63, 3.8) is 0 Å². The summed E-state index contributed by atoms with van der Waals surface area (Å²) in [6.07, 6.45) is 12.6. The maximum absolute atomic E-state index is 12.3. The third-order valence-electron chi connectivity index (χ3n) is 5.58. The van der Waals surface area contributed by atoms with E-state index in [-0.39, 0.29) is 0 Å². The quantitative estimate of drug-likeness (QED) is 0.757. The van der Waals surface area contributed by atoms with Crippen molar-refractivity contribution in [1.29, 1.82) is 0 Å². The minimum Gasteiger partial charge on any atom is -0.374 e. The fourth-order valence-corrected chi connectivity index (χ4v) is 4.32. The van der Waals surface area contributed by atoms with E-state index in [0.717, 1.165) is 25.7 Å². The van der Waals surface area contributed by atoms with Gasteiger partial charge < -0.3 is 4.74 Å². The average molecular weight is 250 g/mol. The lowest BCUT2D eigenvalue weighted by molar-refractivity contribution is -0.124. The molecule has 0 aromatic carbocycles. The second-order valence-electron chi connectivity index (χ2n) is 6.98. The number of Topliss-reactive ketones (excluding diaryl/α,β-unsaturated/α-hetero) is 1. The summed E-state index contributed by atoms with van der Waals surface area (Å²) in [6.45, 7) is 2.34. The van der Waals surface area contributed by atoms with Gasteiger partial charge in [-0.3, -0.25) is 4.79 Å². The van der Waals surface area contributed by atoms with E-state index >= 15 is 0 Å². The number of hydrogen-bond acceptors (Lipinski definition) is 2. The highest BCUT2D eigenvalue weighted by Crippen LogP contribution is 2.50. The van der Waals surface area contributed by atoms with Crippen LogP contribution in [0.3, 0.4) is 0 Å². The van der Waals surface area contributed by atoms with Crippen molar-refractivity contribution in [3.8, 4) is 0 Å². The Morgan fingerprint density at radius 2 is 1.94 bits per heavy atom. The lowest BCUT2D eigenvalue weighted by atomic mass is 9.71. The Hall–Kier alpha value is -0.370. The van der Waals surface area contributed by atoms with Gasteiger partial charge in [-0.05, 0) is 43.9 Å². The summed E-state index contributed by atoms with van der Waals surface area (Å²) in [4.78, 5) is 12.3. The predicted molar refractivity (Wildman–Crippen MR) is 71.4 cm³/mol. The molecule has 3 unspecified atom stereocenters. The Kier molecular flexibility index (Phi) is 3.48. The smallest absolute Gasteiger partial charge is 0.135 e. The normalized spacial score (nSPS) is 40.3. The molecule has 3 fully saturated rings. The van der Waals surface area contributed by atoms with Crippen LogP contribution in [0.25, 0.3) is 0 Å². The molecule has 3 aliphatic rings. The van der Waals surface area contributed by atoms with E-state index in [0.29, 0.717) is 29.3 Å². The standard InChI is InChI=1S/C16H26O2/c1-16(11-13-7-8-15(16)18-13)10-9-14(17)12-5-3-2-4-6-12/h12-13,15H,2-11H2,1H3. The zero-order valence-corrected chi connectivity index (χ0v) is 11.6. The highest BCUT2D eigenvalue weighted by Gasteiger charge is 2.49. The first-order chi connectivity index (χ1) is 8.67. The molecular weight excluding hydrogens is 224 g/mol. The number of ketones is 1. The molecule has 1 saturated carbocycles. The first kappa shape index (κ1) is 12.7. The molecule has 2 aliphatic heterocycles. The summed E-state index contributed by atoms with van der Waals surface area (Å²) >= 11 is 0. The summed E-state index contributed by atoms with van der Waals surface area (Å²) in [6, 6.07) is 0. The van der Waals surface area contributed by atoms with Crippen molar-refractivity contribution >= 4 is 5.78 Å². The van der Waals surface area contributed by atoms with Gasteiger partial charge in [0, 0.05) is 12.3 Å². The van der Waals surface area contributed by atoms with Crippen LogP contribution in [-0.2, 0) is 9.53 Å². The molecule has 102 valence electrons. The molecule has 2 bridgehead atoms. The molecule has 2 saturated heterocycles. The second-order valence-corrected chi connectivity index (χ2v) is 6.98. The van der Waals surface area contributed by atoms with E-state index in [2.05, 4.69) is 6.92 Å². The largest absolute Gasteiger partial charge is 0.374 e. The number of carbonyl (C=O) groups is 1. The van der Waals surface area contributed by atoms with Crippen molar-refractivity contribution in [1.82, 2.24) is 0 Å². The van der Waals surface area contributed by atoms with Crippen LogP contribution in [0.1, 0.15) is 71.1 Å². The van der Waals surface area contributed by atoms with Crippen LogP contribution in [0.4, 0.5) is 0 Å². The molecule has 0 amide bonds. The van der Waals surface area contributed by atoms with Crippen molar-refractivity contribution < 1.29 is 9.53 Å². The van der Waals surface area contributed by atoms with Gasteiger partial charge in [0.25, 0.3) is 0 Å². The zero-order valence-electron chi connectivity index (χ0n) is 11.6. The zero-order chi connectivity index (χ0) is 12.6. The Morgan fingerprint density at radius 3 is 2.56 bits per heavy atom. The van der Waals surface area contributed by atoms with Crippen molar-refractivity contribution in [2.75, 3.05) is 0 Å². The number of ether oxygens (including phenoxy) is 1. The molecule has 0 aromatic rings. The van der Waals surface area contributed by atoms with E-state index in [4.69, 9.17) is 4.74 Å². The highest BCUT2D eigenvalue weighted by atomic mass is 16.5. The Bertz CT molecular complexity index is 319. The lowest BCUT2D eigenvalue weighted by Crippen LogP contribution is -2.30. The van der Waals surface area contributed by atoms with Crippen LogP contribution in [0.2, 0.25) is 0 Å². The first-order valence-electron chi connectivity index (χ1n) is 7.85. The van der Waals surface area contributed by atoms with Crippen LogP contribution in [0.5, 0.6) is 0 Å². The van der Waals surface area contributed by atoms with Crippen LogP contribution in [-0.4, -0.2) is 18.0 Å². The maximum atomic E-state index is 12.3. The molecule has 0 N–H and O–H groups in total. The van der Waals surface area contributed by atoms with Crippen molar-refractivity contribution in [2.24, 2.45) is 11.3 Å². The van der Waals surface area contributed by atoms with Gasteiger partial charge in [0.2, 0.25) is 0 Å². The summed E-state index contributed by atoms with van der Waals surface area (Å²) in [5, 5.41) is 0. The van der Waals surface area contributed by atoms with Crippen LogP contribution in [0, 0.1) is 11.3 Å². The molecule has 2 heteroatoms. The third kappa shape index (κ3) is 2.36. The van der Waals surface area contributed by atoms with Gasteiger partial charge in [-0.1, -0.05) is 26.2 Å². The Morgan fingerprint density at radius 1 is 1.17 bits per heavy atom. The van der Waals surface area contributed by atoms with Gasteiger partial charge >= 0.3 is 0 Å². The average Bonchev–Trinajstić information content (AvgIpc) is 2.97. The van der Waals surface area contributed by atoms with E-state index < -0.39 is 0 Å². The summed E-state index contributed by atoms with van der Waals surface area (Å²) in [5.74, 6) is 0.931. The monoisotopic (exact) mass is 250 g/mol. The Balaban J connectivity index is 1.50. The number of fused-ring (bicyclic) bond motifs is 2. The molecule has 2 nitrogen and oxygen atoms in total. The highest BCUT2D eigenvalue weighted by molar-refractivity contribution is 5.81. The minimum absolute atomic E-state index is 0.299. The fraction of sp³-hybridized carbons (Fsp3) is 0.938. The first-order valence-corrected chi connectivity index (χ1v) is 7.85. The number of rotatable bonds is 4. The van der Waals surface area contributed by atoms with Gasteiger partial charge in [-0.15, -0.1) is 0 Å². The van der Waals surface area contributed by atoms with Crippen molar-refractivity contribution in [3.05, 3.63) is 0 Å². The van der Waals surface area contributed by atoms with Crippen LogP contribution >= 0.6 is 0 Å². The van der Waals surface area contributed by atoms with Crippen LogP contribution < -0.4 is 0 Å². The summed E-state index contributed by atoms with van der Waals surface area (Å²) in [5.41, 5.74) is 0.299. The molecule has 3 atom stereocenters. The topological polar surface area (TPSA) is 26.3 Å². The predicted octanol–water partition coefficient (Wildman–Crippen LogP) is 3.87. The van der Waals surface area contributed by atoms with Gasteiger partial charge in [0.1, 0.15) is 5.78 Å². The van der Waals surface area contributed by atoms with Crippen molar-refractivity contribution in [2.45, 2.75) is 83.3 Å². The van der Waals surface area contributed by atoms with E-state index in [1.54, 1.807) is 0 Å². The molecule has 3 rings (SSSR count). The van der Waals surface area contributed by atoms with Gasteiger partial charge in [0.05, 0.1) is 12.2 Å². The minimum atomic E-state index is 0.299. The van der Waals surface area contributed by atoms with Gasteiger partial charge in [-0.25, -0.2) is 0 Å². The van der Waals surface area contributed by atoms with Gasteiger partial charge in [-0.2, -0.15) is 0 Å². The molecule has 1 aliphatic carbocycles. The molecule has 0 radical (unpaired) electrons. The molecule has 0 aromatic heterocycles. The molecule has 0 spiro atoms. The van der Waals surface area contributed by atoms with E-state index in [1.807, 2.05) is 0 Å². The Labute approximate surface area is 110 Å². The lowest BCUT2D eigenvalue weighted by Gasteiger charge is -2.31. The SMILES string of the molecule is CC1(CCC(=O)C2CCCCC2)CC2CCC1O2. The molecule has 18 heavy (non-hydrogen) atoms. The summed E-state index contributed by atoms with van der Waals surface area (Å²) < 4.78 is 5.95. The molecule has 2 heterocycles. The number of hydrogen-bond donors (Lipinski definition) is 0.